The summed E-state index contributed by atoms with van der Waals surface area (Å²) in [7, 11) is 2.17. The third-order valence-corrected chi connectivity index (χ3v) is 8.20. The van der Waals surface area contributed by atoms with Crippen LogP contribution in [0.15, 0.2) is 53.9 Å². The molecule has 1 saturated heterocycles. The molecule has 1 aromatic heterocycles. The van der Waals surface area contributed by atoms with Crippen LogP contribution in [0, 0.1) is 5.41 Å². The molecular formula is C28H32N4O3S. The average Bonchev–Trinajstić information content (AvgIpc) is 3.49. The van der Waals surface area contributed by atoms with Crippen molar-refractivity contribution >= 4 is 23.2 Å². The molecule has 2 aromatic carbocycles. The molecule has 1 aliphatic heterocycles. The molecule has 3 aromatic rings. The highest BCUT2D eigenvalue weighted by atomic mass is 32.1. The van der Waals surface area contributed by atoms with E-state index >= 15 is 0 Å². The number of nitrogens with one attached hydrogen (secondary N) is 1. The molecule has 7 nitrogen and oxygen atoms in total. The molecule has 5 rings (SSSR count). The molecule has 0 spiro atoms. The minimum Gasteiger partial charge on any atom is -0.481 e. The Bertz CT molecular complexity index is 1210. The third-order valence-electron chi connectivity index (χ3n) is 7.35. The number of rotatable bonds is 8. The van der Waals surface area contributed by atoms with E-state index in [0.717, 1.165) is 60.1 Å². The summed E-state index contributed by atoms with van der Waals surface area (Å²) in [5, 5.41) is 15.3. The summed E-state index contributed by atoms with van der Waals surface area (Å²) in [6.45, 7) is 5.67. The van der Waals surface area contributed by atoms with E-state index in [1.165, 1.54) is 16.9 Å². The van der Waals surface area contributed by atoms with Crippen molar-refractivity contribution < 1.29 is 14.7 Å². The summed E-state index contributed by atoms with van der Waals surface area (Å²) < 4.78 is 0. The van der Waals surface area contributed by atoms with E-state index in [4.69, 9.17) is 4.98 Å². The van der Waals surface area contributed by atoms with E-state index in [2.05, 4.69) is 46.4 Å². The zero-order valence-electron chi connectivity index (χ0n) is 20.6. The quantitative estimate of drug-likeness (QED) is 0.489. The van der Waals surface area contributed by atoms with Gasteiger partial charge in [0.2, 0.25) is 5.91 Å². The van der Waals surface area contributed by atoms with Crippen LogP contribution in [-0.2, 0) is 35.5 Å². The summed E-state index contributed by atoms with van der Waals surface area (Å²) in [5.74, 6) is -1.17. The van der Waals surface area contributed by atoms with Gasteiger partial charge in [0.1, 0.15) is 5.01 Å². The molecule has 2 heterocycles. The SMILES string of the molecule is CN1CCN(Cc2ccc(-c3csc(CNC(=O)C4(CC(=O)O)Cc5ccccc5C4)n3)cc2)CC1. The first-order chi connectivity index (χ1) is 17.4. The van der Waals surface area contributed by atoms with Gasteiger partial charge in [-0.25, -0.2) is 4.98 Å². The lowest BCUT2D eigenvalue weighted by atomic mass is 9.80. The maximum absolute atomic E-state index is 13.2. The predicted molar refractivity (Wildman–Crippen MR) is 141 cm³/mol. The number of likely N-dealkylation sites (N-methyl/N-ethyl adjacent to an activating group) is 1. The number of carbonyl (C=O) groups excluding carboxylic acids is 1. The van der Waals surface area contributed by atoms with Gasteiger partial charge in [-0.2, -0.15) is 0 Å². The van der Waals surface area contributed by atoms with Crippen LogP contribution >= 0.6 is 11.3 Å². The van der Waals surface area contributed by atoms with Crippen molar-refractivity contribution in [2.24, 2.45) is 5.41 Å². The van der Waals surface area contributed by atoms with Gasteiger partial charge in [0.05, 0.1) is 24.1 Å². The highest BCUT2D eigenvalue weighted by Crippen LogP contribution is 2.40. The number of carboxylic acids is 1. The van der Waals surface area contributed by atoms with Crippen LogP contribution in [0.3, 0.4) is 0 Å². The molecule has 1 aliphatic carbocycles. The van der Waals surface area contributed by atoms with Crippen LogP contribution in [0.4, 0.5) is 0 Å². The van der Waals surface area contributed by atoms with Crippen molar-refractivity contribution in [2.45, 2.75) is 32.4 Å². The number of nitrogens with zero attached hydrogens (tertiary/aromatic N) is 3. The zero-order valence-corrected chi connectivity index (χ0v) is 21.4. The number of fused-ring (bicyclic) bond motifs is 1. The molecule has 2 aliphatic rings. The Morgan fingerprint density at radius 3 is 2.33 bits per heavy atom. The van der Waals surface area contributed by atoms with Gasteiger partial charge in [-0.15, -0.1) is 11.3 Å². The number of amides is 1. The van der Waals surface area contributed by atoms with Gasteiger partial charge in [-0.3, -0.25) is 14.5 Å². The maximum atomic E-state index is 13.2. The molecule has 8 heteroatoms. The average molecular weight is 505 g/mol. The highest BCUT2D eigenvalue weighted by molar-refractivity contribution is 7.09. The Morgan fingerprint density at radius 2 is 1.69 bits per heavy atom. The molecule has 0 bridgehead atoms. The largest absolute Gasteiger partial charge is 0.481 e. The normalized spacial score (nSPS) is 17.6. The fraction of sp³-hybridized carbons (Fsp3) is 0.393. The monoisotopic (exact) mass is 504 g/mol. The van der Waals surface area contributed by atoms with Gasteiger partial charge in [-0.05, 0) is 36.6 Å². The fourth-order valence-electron chi connectivity index (χ4n) is 5.26. The Labute approximate surface area is 215 Å². The number of hydrogen-bond donors (Lipinski definition) is 2. The standard InChI is InChI=1S/C28H32N4O3S/c1-31-10-12-32(13-11-31)18-20-6-8-21(9-7-20)24-19-36-25(30-24)17-29-27(35)28(16-26(33)34)14-22-4-2-3-5-23(22)15-28/h2-9,19H,10-18H2,1H3,(H,29,35)(H,33,34). The highest BCUT2D eigenvalue weighted by Gasteiger charge is 2.45. The number of piperazine rings is 1. The van der Waals surface area contributed by atoms with Gasteiger partial charge in [0.15, 0.2) is 0 Å². The van der Waals surface area contributed by atoms with Crippen molar-refractivity contribution in [1.29, 1.82) is 0 Å². The van der Waals surface area contributed by atoms with Gasteiger partial charge in [0, 0.05) is 43.7 Å². The van der Waals surface area contributed by atoms with E-state index < -0.39 is 11.4 Å². The molecule has 0 saturated carbocycles. The molecule has 2 N–H and O–H groups in total. The minimum atomic E-state index is -0.953. The van der Waals surface area contributed by atoms with Crippen molar-refractivity contribution in [3.05, 3.63) is 75.6 Å². The minimum absolute atomic E-state index is 0.183. The number of aromatic nitrogens is 1. The summed E-state index contributed by atoms with van der Waals surface area (Å²) in [6.07, 6.45) is 0.715. The first kappa shape index (κ1) is 24.6. The number of benzene rings is 2. The van der Waals surface area contributed by atoms with E-state index in [1.54, 1.807) is 0 Å². The first-order valence-electron chi connectivity index (χ1n) is 12.4. The van der Waals surface area contributed by atoms with Crippen LogP contribution in [-0.4, -0.2) is 65.0 Å². The molecule has 36 heavy (non-hydrogen) atoms. The Hall–Kier alpha value is -3.07. The second kappa shape index (κ2) is 10.5. The lowest BCUT2D eigenvalue weighted by Gasteiger charge is -2.32. The molecule has 1 amide bonds. The molecule has 1 fully saturated rings. The van der Waals surface area contributed by atoms with Crippen molar-refractivity contribution in [1.82, 2.24) is 20.1 Å². The zero-order chi connectivity index (χ0) is 25.1. The van der Waals surface area contributed by atoms with Crippen LogP contribution in [0.1, 0.15) is 28.1 Å². The molecular weight excluding hydrogens is 472 g/mol. The fourth-order valence-corrected chi connectivity index (χ4v) is 6.01. The lowest BCUT2D eigenvalue weighted by molar-refractivity contribution is -0.145. The van der Waals surface area contributed by atoms with E-state index in [1.807, 2.05) is 29.6 Å². The summed E-state index contributed by atoms with van der Waals surface area (Å²) in [5.41, 5.74) is 4.41. The molecule has 0 unspecified atom stereocenters. The van der Waals surface area contributed by atoms with Crippen LogP contribution in [0.25, 0.3) is 11.3 Å². The third kappa shape index (κ3) is 5.51. The number of carboxylic acid groups (broad SMARTS) is 1. The Morgan fingerprint density at radius 1 is 1.03 bits per heavy atom. The topological polar surface area (TPSA) is 85.8 Å². The lowest BCUT2D eigenvalue weighted by Crippen LogP contribution is -2.43. The number of carbonyl (C=O) groups is 2. The predicted octanol–water partition coefficient (Wildman–Crippen LogP) is 3.43. The van der Waals surface area contributed by atoms with Crippen LogP contribution in [0.2, 0.25) is 0 Å². The van der Waals surface area contributed by atoms with Crippen LogP contribution < -0.4 is 5.32 Å². The summed E-state index contributed by atoms with van der Waals surface area (Å²) in [6, 6.07) is 16.4. The first-order valence-corrected chi connectivity index (χ1v) is 13.3. The van der Waals surface area contributed by atoms with Crippen molar-refractivity contribution in [3.8, 4) is 11.3 Å². The number of hydrogen-bond acceptors (Lipinski definition) is 6. The second-order valence-corrected chi connectivity index (χ2v) is 11.0. The van der Waals surface area contributed by atoms with Crippen molar-refractivity contribution in [3.63, 3.8) is 0 Å². The second-order valence-electron chi connectivity index (χ2n) is 10.1. The number of aliphatic carboxylic acids is 1. The smallest absolute Gasteiger partial charge is 0.304 e. The molecule has 0 radical (unpaired) electrons. The maximum Gasteiger partial charge on any atom is 0.304 e. The molecule has 188 valence electrons. The van der Waals surface area contributed by atoms with E-state index in [9.17, 15) is 14.7 Å². The van der Waals surface area contributed by atoms with Gasteiger partial charge in [-0.1, -0.05) is 48.5 Å². The summed E-state index contributed by atoms with van der Waals surface area (Å²) in [4.78, 5) is 34.4. The Balaban J connectivity index is 1.20. The van der Waals surface area contributed by atoms with Crippen LogP contribution in [0.5, 0.6) is 0 Å². The number of thiazole rings is 1. The van der Waals surface area contributed by atoms with Gasteiger partial charge in [0.25, 0.3) is 0 Å². The molecule has 0 atom stereocenters. The van der Waals surface area contributed by atoms with E-state index in [0.29, 0.717) is 19.4 Å². The van der Waals surface area contributed by atoms with Crippen molar-refractivity contribution in [2.75, 3.05) is 33.2 Å². The van der Waals surface area contributed by atoms with Gasteiger partial charge < -0.3 is 15.3 Å². The van der Waals surface area contributed by atoms with Gasteiger partial charge >= 0.3 is 5.97 Å². The summed E-state index contributed by atoms with van der Waals surface area (Å²) >= 11 is 1.51. The Kier molecular flexibility index (Phi) is 7.18. The van der Waals surface area contributed by atoms with E-state index in [-0.39, 0.29) is 12.3 Å².